The third-order valence-electron chi connectivity index (χ3n) is 2.74. The molecule has 2 aromatic rings. The number of aliphatic hydroxyl groups is 1. The summed E-state index contributed by atoms with van der Waals surface area (Å²) in [5.41, 5.74) is 0.954. The Kier molecular flexibility index (Phi) is 3.49. The van der Waals surface area contributed by atoms with Gasteiger partial charge < -0.3 is 9.84 Å². The van der Waals surface area contributed by atoms with E-state index < -0.39 is 5.82 Å². The van der Waals surface area contributed by atoms with E-state index in [1.807, 2.05) is 0 Å². The molecule has 1 heterocycles. The lowest BCUT2D eigenvalue weighted by molar-refractivity contribution is 0.274. The average molecular weight is 261 g/mol. The standard InChI is InChI=1S/C13H12FN3O2/c1-8-10(7-18)13(17(2)16-8)19-12-5-3-4-11(14)9(12)6-15/h3-5,18H,7H2,1-2H3. The minimum absolute atomic E-state index is 0.0974. The lowest BCUT2D eigenvalue weighted by atomic mass is 10.2. The molecule has 1 N–H and O–H groups in total. The van der Waals surface area contributed by atoms with Gasteiger partial charge in [0, 0.05) is 7.05 Å². The Labute approximate surface area is 109 Å². The third-order valence-corrected chi connectivity index (χ3v) is 2.74. The predicted molar refractivity (Wildman–Crippen MR) is 65.1 cm³/mol. The van der Waals surface area contributed by atoms with Gasteiger partial charge in [0.15, 0.2) is 0 Å². The Bertz CT molecular complexity index is 659. The summed E-state index contributed by atoms with van der Waals surface area (Å²) in [6.07, 6.45) is 0. The number of halogens is 1. The lowest BCUT2D eigenvalue weighted by Gasteiger charge is -2.09. The molecule has 1 aromatic carbocycles. The fourth-order valence-electron chi connectivity index (χ4n) is 1.79. The molecule has 0 aliphatic carbocycles. The van der Waals surface area contributed by atoms with Gasteiger partial charge in [0.1, 0.15) is 23.2 Å². The van der Waals surface area contributed by atoms with Crippen molar-refractivity contribution < 1.29 is 14.2 Å². The second kappa shape index (κ2) is 5.08. The van der Waals surface area contributed by atoms with Crippen LogP contribution < -0.4 is 4.74 Å². The number of rotatable bonds is 3. The third kappa shape index (κ3) is 2.28. The number of nitrogens with zero attached hydrogens (tertiary/aromatic N) is 3. The summed E-state index contributed by atoms with van der Waals surface area (Å²) < 4.78 is 20.4. The van der Waals surface area contributed by atoms with Crippen molar-refractivity contribution in [2.24, 2.45) is 7.05 Å². The lowest BCUT2D eigenvalue weighted by Crippen LogP contribution is -1.99. The Balaban J connectivity index is 2.48. The molecule has 0 spiro atoms. The van der Waals surface area contributed by atoms with Gasteiger partial charge in [-0.25, -0.2) is 9.07 Å². The number of benzene rings is 1. The van der Waals surface area contributed by atoms with E-state index in [0.717, 1.165) is 0 Å². The first kappa shape index (κ1) is 13.1. The smallest absolute Gasteiger partial charge is 0.223 e. The highest BCUT2D eigenvalue weighted by atomic mass is 19.1. The van der Waals surface area contributed by atoms with Crippen LogP contribution in [0.4, 0.5) is 4.39 Å². The van der Waals surface area contributed by atoms with Gasteiger partial charge in [-0.15, -0.1) is 0 Å². The van der Waals surface area contributed by atoms with E-state index in [1.165, 1.54) is 22.9 Å². The molecule has 0 aliphatic rings. The van der Waals surface area contributed by atoms with Gasteiger partial charge in [0.25, 0.3) is 0 Å². The molecule has 0 saturated carbocycles. The average Bonchev–Trinajstić information content (AvgIpc) is 2.64. The van der Waals surface area contributed by atoms with Crippen LogP contribution in [0.25, 0.3) is 0 Å². The second-order valence-corrected chi connectivity index (χ2v) is 3.98. The SMILES string of the molecule is Cc1nn(C)c(Oc2cccc(F)c2C#N)c1CO. The van der Waals surface area contributed by atoms with Crippen LogP contribution in [-0.4, -0.2) is 14.9 Å². The monoisotopic (exact) mass is 261 g/mol. The van der Waals surface area contributed by atoms with Crippen LogP contribution >= 0.6 is 0 Å². The number of hydrogen-bond donors (Lipinski definition) is 1. The van der Waals surface area contributed by atoms with Gasteiger partial charge in [-0.1, -0.05) is 6.07 Å². The van der Waals surface area contributed by atoms with Crippen LogP contribution in [0.15, 0.2) is 18.2 Å². The molecular formula is C13H12FN3O2. The summed E-state index contributed by atoms with van der Waals surface area (Å²) in [5, 5.41) is 22.3. The summed E-state index contributed by atoms with van der Waals surface area (Å²) in [5.74, 6) is -0.258. The molecule has 0 amide bonds. The maximum Gasteiger partial charge on any atom is 0.223 e. The van der Waals surface area contributed by atoms with Gasteiger partial charge in [-0.2, -0.15) is 10.4 Å². The maximum absolute atomic E-state index is 13.5. The molecule has 98 valence electrons. The van der Waals surface area contributed by atoms with Crippen molar-refractivity contribution in [3.8, 4) is 17.7 Å². The summed E-state index contributed by atoms with van der Waals surface area (Å²) in [6, 6.07) is 5.89. The van der Waals surface area contributed by atoms with E-state index >= 15 is 0 Å². The molecule has 0 atom stereocenters. The minimum Gasteiger partial charge on any atom is -0.437 e. The molecule has 0 aliphatic heterocycles. The maximum atomic E-state index is 13.5. The van der Waals surface area contributed by atoms with Gasteiger partial charge in [0.05, 0.1) is 17.9 Å². The number of ether oxygens (including phenoxy) is 1. The first-order valence-electron chi connectivity index (χ1n) is 5.58. The van der Waals surface area contributed by atoms with Gasteiger partial charge in [-0.05, 0) is 19.1 Å². The zero-order chi connectivity index (χ0) is 14.0. The van der Waals surface area contributed by atoms with E-state index in [1.54, 1.807) is 20.0 Å². The van der Waals surface area contributed by atoms with Crippen molar-refractivity contribution in [3.63, 3.8) is 0 Å². The van der Waals surface area contributed by atoms with Crippen LogP contribution in [-0.2, 0) is 13.7 Å². The zero-order valence-corrected chi connectivity index (χ0v) is 10.5. The molecule has 2 rings (SSSR count). The van der Waals surface area contributed by atoms with Crippen LogP contribution in [0, 0.1) is 24.1 Å². The topological polar surface area (TPSA) is 71.1 Å². The molecule has 5 nitrogen and oxygen atoms in total. The van der Waals surface area contributed by atoms with Gasteiger partial charge >= 0.3 is 0 Å². The number of aryl methyl sites for hydroxylation is 2. The van der Waals surface area contributed by atoms with E-state index in [2.05, 4.69) is 5.10 Å². The molecule has 0 saturated heterocycles. The van der Waals surface area contributed by atoms with E-state index in [0.29, 0.717) is 17.1 Å². The van der Waals surface area contributed by atoms with Crippen molar-refractivity contribution in [2.45, 2.75) is 13.5 Å². The number of aromatic nitrogens is 2. The first-order valence-corrected chi connectivity index (χ1v) is 5.58. The van der Waals surface area contributed by atoms with E-state index in [4.69, 9.17) is 10.00 Å². The highest BCUT2D eigenvalue weighted by molar-refractivity contribution is 5.46. The molecular weight excluding hydrogens is 249 g/mol. The molecule has 19 heavy (non-hydrogen) atoms. The fourth-order valence-corrected chi connectivity index (χ4v) is 1.79. The van der Waals surface area contributed by atoms with Crippen LogP contribution in [0.1, 0.15) is 16.8 Å². The van der Waals surface area contributed by atoms with Crippen LogP contribution in [0.3, 0.4) is 0 Å². The zero-order valence-electron chi connectivity index (χ0n) is 10.5. The molecule has 0 fully saturated rings. The molecule has 0 radical (unpaired) electrons. The van der Waals surface area contributed by atoms with Gasteiger partial charge in [0.2, 0.25) is 5.88 Å². The normalized spacial score (nSPS) is 10.3. The Morgan fingerprint density at radius 3 is 2.89 bits per heavy atom. The van der Waals surface area contributed by atoms with Crippen molar-refractivity contribution in [3.05, 3.63) is 40.8 Å². The van der Waals surface area contributed by atoms with E-state index in [-0.39, 0.29) is 17.9 Å². The molecule has 6 heteroatoms. The van der Waals surface area contributed by atoms with Gasteiger partial charge in [-0.3, -0.25) is 0 Å². The highest BCUT2D eigenvalue weighted by Gasteiger charge is 2.17. The summed E-state index contributed by atoms with van der Waals surface area (Å²) >= 11 is 0. The van der Waals surface area contributed by atoms with Crippen molar-refractivity contribution in [1.29, 1.82) is 5.26 Å². The van der Waals surface area contributed by atoms with Crippen LogP contribution in [0.5, 0.6) is 11.6 Å². The Morgan fingerprint density at radius 1 is 1.53 bits per heavy atom. The molecule has 0 unspecified atom stereocenters. The Hall–Kier alpha value is -2.39. The number of aliphatic hydroxyl groups excluding tert-OH is 1. The van der Waals surface area contributed by atoms with Crippen molar-refractivity contribution >= 4 is 0 Å². The van der Waals surface area contributed by atoms with Crippen molar-refractivity contribution in [1.82, 2.24) is 9.78 Å². The summed E-state index contributed by atoms with van der Waals surface area (Å²) in [4.78, 5) is 0. The minimum atomic E-state index is -0.649. The largest absolute Gasteiger partial charge is 0.437 e. The quantitative estimate of drug-likeness (QED) is 0.917. The van der Waals surface area contributed by atoms with Crippen LogP contribution in [0.2, 0.25) is 0 Å². The Morgan fingerprint density at radius 2 is 2.26 bits per heavy atom. The fraction of sp³-hybridized carbons (Fsp3) is 0.231. The second-order valence-electron chi connectivity index (χ2n) is 3.98. The summed E-state index contributed by atoms with van der Waals surface area (Å²) in [6.45, 7) is 1.49. The summed E-state index contributed by atoms with van der Waals surface area (Å²) in [7, 11) is 1.65. The predicted octanol–water partition coefficient (Wildman–Crippen LogP) is 2.02. The molecule has 0 bridgehead atoms. The highest BCUT2D eigenvalue weighted by Crippen LogP contribution is 2.30. The van der Waals surface area contributed by atoms with Crippen molar-refractivity contribution in [2.75, 3.05) is 0 Å². The van der Waals surface area contributed by atoms with E-state index in [9.17, 15) is 9.50 Å². The first-order chi connectivity index (χ1) is 9.08. The number of nitriles is 1. The molecule has 1 aromatic heterocycles. The number of hydrogen-bond acceptors (Lipinski definition) is 4.